The number of nitrogens with zero attached hydrogens (tertiary/aromatic N) is 3. The molecule has 2 aromatic carbocycles. The number of amides is 2. The second-order valence-corrected chi connectivity index (χ2v) is 11.1. The summed E-state index contributed by atoms with van der Waals surface area (Å²) in [6.07, 6.45) is 4.32. The van der Waals surface area contributed by atoms with Crippen LogP contribution in [0.1, 0.15) is 60.1 Å². The molecule has 2 heterocycles. The van der Waals surface area contributed by atoms with Gasteiger partial charge in [-0.3, -0.25) is 9.59 Å². The van der Waals surface area contributed by atoms with Gasteiger partial charge in [0.2, 0.25) is 11.9 Å². The number of halogens is 2. The minimum atomic E-state index is -0.891. The highest BCUT2D eigenvalue weighted by molar-refractivity contribution is 6.33. The lowest BCUT2D eigenvalue weighted by molar-refractivity contribution is -0.126. The van der Waals surface area contributed by atoms with E-state index >= 15 is 0 Å². The average molecular weight is 598 g/mol. The molecule has 2 amide bonds. The van der Waals surface area contributed by atoms with Crippen molar-refractivity contribution in [2.75, 3.05) is 19.0 Å². The van der Waals surface area contributed by atoms with Gasteiger partial charge in [0.15, 0.2) is 0 Å². The number of nitrogens with one attached hydrogen (secondary N) is 2. The Hall–Kier alpha value is -3.80. The first-order valence-corrected chi connectivity index (χ1v) is 14.2. The average Bonchev–Trinajstić information content (AvgIpc) is 3.32. The summed E-state index contributed by atoms with van der Waals surface area (Å²) in [5.74, 6) is -0.710. The molecule has 42 heavy (non-hydrogen) atoms. The van der Waals surface area contributed by atoms with Crippen LogP contribution in [0.2, 0.25) is 5.02 Å². The molecule has 1 aliphatic heterocycles. The summed E-state index contributed by atoms with van der Waals surface area (Å²) in [5.41, 5.74) is 2.64. The van der Waals surface area contributed by atoms with Crippen LogP contribution in [0.3, 0.4) is 0 Å². The Bertz CT molecular complexity index is 1480. The zero-order valence-corrected chi connectivity index (χ0v) is 24.1. The van der Waals surface area contributed by atoms with Crippen LogP contribution in [-0.2, 0) is 11.3 Å². The number of fused-ring (bicyclic) bond motifs is 1. The van der Waals surface area contributed by atoms with E-state index in [0.29, 0.717) is 33.4 Å². The monoisotopic (exact) mass is 597 g/mol. The molecule has 222 valence electrons. The fraction of sp³-hybridized carbons (Fsp3) is 0.400. The second-order valence-electron chi connectivity index (χ2n) is 10.7. The van der Waals surface area contributed by atoms with Crippen molar-refractivity contribution < 1.29 is 28.9 Å². The number of carbonyl (C=O) groups is 2. The molecule has 5 rings (SSSR count). The fourth-order valence-corrected chi connectivity index (χ4v) is 5.60. The molecule has 2 unspecified atom stereocenters. The molecule has 0 spiro atoms. The molecule has 12 heteroatoms. The van der Waals surface area contributed by atoms with E-state index in [1.165, 1.54) is 36.4 Å². The van der Waals surface area contributed by atoms with Gasteiger partial charge in [-0.2, -0.15) is 0 Å². The maximum absolute atomic E-state index is 14.0. The van der Waals surface area contributed by atoms with Crippen LogP contribution in [0, 0.1) is 5.82 Å². The number of hydrogen-bond donors (Lipinski definition) is 4. The highest BCUT2D eigenvalue weighted by Crippen LogP contribution is 2.33. The van der Waals surface area contributed by atoms with E-state index in [2.05, 4.69) is 20.6 Å². The molecule has 1 saturated carbocycles. The van der Waals surface area contributed by atoms with Crippen molar-refractivity contribution in [3.05, 3.63) is 70.1 Å². The largest absolute Gasteiger partial charge is 0.497 e. The summed E-state index contributed by atoms with van der Waals surface area (Å²) in [5, 5.41) is 26.0. The quantitative estimate of drug-likeness (QED) is 0.292. The summed E-state index contributed by atoms with van der Waals surface area (Å²) >= 11 is 6.46. The van der Waals surface area contributed by atoms with Crippen LogP contribution < -0.4 is 15.4 Å². The van der Waals surface area contributed by atoms with E-state index in [9.17, 15) is 24.2 Å². The van der Waals surface area contributed by atoms with Crippen molar-refractivity contribution in [1.82, 2.24) is 20.2 Å². The molecule has 2 atom stereocenters. The zero-order chi connectivity index (χ0) is 30.0. The van der Waals surface area contributed by atoms with E-state index in [4.69, 9.17) is 16.3 Å². The van der Waals surface area contributed by atoms with Crippen LogP contribution in [0.5, 0.6) is 5.75 Å². The smallest absolute Gasteiger partial charge is 0.255 e. The van der Waals surface area contributed by atoms with Gasteiger partial charge in [0.1, 0.15) is 17.6 Å². The molecule has 1 aromatic heterocycles. The van der Waals surface area contributed by atoms with Crippen molar-refractivity contribution in [1.29, 1.82) is 0 Å². The Labute approximate surface area is 247 Å². The van der Waals surface area contributed by atoms with Gasteiger partial charge < -0.3 is 30.5 Å². The first-order chi connectivity index (χ1) is 20.2. The normalized spacial score (nSPS) is 19.7. The standard InChI is InChI=1S/C30H33ClFN5O5/c1-16(28(40)35-26(15-38)19-9-20(32)12-23(10-19)42-2)37-14-18-4-3-17(11-24(18)29(37)41)27-25(31)13-33-30(36-27)34-21-5-7-22(39)8-6-21/h3-4,9-13,16,21-22,26,38-39H,5-8,14-15H2,1-2H3,(H,35,40)(H,33,34,36). The third kappa shape index (κ3) is 6.33. The Morgan fingerprint density at radius 3 is 2.69 bits per heavy atom. The lowest BCUT2D eigenvalue weighted by Crippen LogP contribution is -2.46. The molecule has 0 bridgehead atoms. The van der Waals surface area contributed by atoms with Gasteiger partial charge in [0.25, 0.3) is 5.91 Å². The van der Waals surface area contributed by atoms with E-state index in [1.807, 2.05) is 12.1 Å². The number of aliphatic hydroxyl groups is 2. The Kier molecular flexibility index (Phi) is 8.91. The SMILES string of the molecule is COc1cc(F)cc(C(CO)NC(=O)C(C)N2Cc3ccc(-c4nc(NC5CCC(O)CC5)ncc4Cl)cc3C2=O)c1. The van der Waals surface area contributed by atoms with Crippen molar-refractivity contribution in [3.63, 3.8) is 0 Å². The topological polar surface area (TPSA) is 137 Å². The van der Waals surface area contributed by atoms with Gasteiger partial charge in [-0.15, -0.1) is 0 Å². The molecule has 0 radical (unpaired) electrons. The number of aromatic nitrogens is 2. The number of aliphatic hydroxyl groups excluding tert-OH is 2. The summed E-state index contributed by atoms with van der Waals surface area (Å²) < 4.78 is 19.1. The number of anilines is 1. The number of ether oxygens (including phenoxy) is 1. The molecular formula is C30H33ClFN5O5. The summed E-state index contributed by atoms with van der Waals surface area (Å²) in [6.45, 7) is 1.35. The van der Waals surface area contributed by atoms with Crippen LogP contribution >= 0.6 is 11.6 Å². The van der Waals surface area contributed by atoms with Crippen molar-refractivity contribution >= 4 is 29.4 Å². The number of carbonyl (C=O) groups excluding carboxylic acids is 2. The van der Waals surface area contributed by atoms with E-state index in [1.54, 1.807) is 13.0 Å². The third-order valence-electron chi connectivity index (χ3n) is 7.87. The highest BCUT2D eigenvalue weighted by Gasteiger charge is 2.35. The van der Waals surface area contributed by atoms with E-state index in [0.717, 1.165) is 31.2 Å². The molecular weight excluding hydrogens is 565 g/mol. The van der Waals surface area contributed by atoms with Gasteiger partial charge in [0, 0.05) is 29.8 Å². The summed E-state index contributed by atoms with van der Waals surface area (Å²) in [6, 6.07) is 7.70. The third-order valence-corrected chi connectivity index (χ3v) is 8.14. The molecule has 0 saturated heterocycles. The van der Waals surface area contributed by atoms with Gasteiger partial charge in [-0.05, 0) is 61.9 Å². The Morgan fingerprint density at radius 1 is 1.21 bits per heavy atom. The highest BCUT2D eigenvalue weighted by atomic mass is 35.5. The van der Waals surface area contributed by atoms with Gasteiger partial charge >= 0.3 is 0 Å². The Morgan fingerprint density at radius 2 is 1.98 bits per heavy atom. The molecule has 10 nitrogen and oxygen atoms in total. The van der Waals surface area contributed by atoms with Crippen molar-refractivity contribution in [3.8, 4) is 17.0 Å². The minimum absolute atomic E-state index is 0.151. The molecule has 1 fully saturated rings. The van der Waals surface area contributed by atoms with Gasteiger partial charge in [-0.1, -0.05) is 23.7 Å². The van der Waals surface area contributed by atoms with Crippen LogP contribution in [0.4, 0.5) is 10.3 Å². The first-order valence-electron chi connectivity index (χ1n) is 13.8. The van der Waals surface area contributed by atoms with Crippen LogP contribution in [0.15, 0.2) is 42.6 Å². The lowest BCUT2D eigenvalue weighted by Gasteiger charge is -2.26. The zero-order valence-electron chi connectivity index (χ0n) is 23.3. The number of rotatable bonds is 9. The first kappa shape index (κ1) is 29.7. The summed E-state index contributed by atoms with van der Waals surface area (Å²) in [7, 11) is 1.40. The van der Waals surface area contributed by atoms with Crippen LogP contribution in [0.25, 0.3) is 11.3 Å². The molecule has 1 aliphatic carbocycles. The van der Waals surface area contributed by atoms with Gasteiger partial charge in [0.05, 0.1) is 42.8 Å². The number of hydrogen-bond acceptors (Lipinski definition) is 8. The number of benzene rings is 2. The maximum Gasteiger partial charge on any atom is 0.255 e. The maximum atomic E-state index is 14.0. The van der Waals surface area contributed by atoms with Gasteiger partial charge in [-0.25, -0.2) is 14.4 Å². The summed E-state index contributed by atoms with van der Waals surface area (Å²) in [4.78, 5) is 37.0. The van der Waals surface area contributed by atoms with Crippen LogP contribution in [-0.4, -0.2) is 68.8 Å². The second kappa shape index (κ2) is 12.6. The Balaban J connectivity index is 1.30. The van der Waals surface area contributed by atoms with E-state index < -0.39 is 30.4 Å². The van der Waals surface area contributed by atoms with Crippen molar-refractivity contribution in [2.24, 2.45) is 0 Å². The predicted molar refractivity (Wildman–Crippen MR) is 155 cm³/mol. The van der Waals surface area contributed by atoms with E-state index in [-0.39, 0.29) is 30.3 Å². The fourth-order valence-electron chi connectivity index (χ4n) is 5.40. The molecule has 2 aliphatic rings. The minimum Gasteiger partial charge on any atom is -0.497 e. The lowest BCUT2D eigenvalue weighted by atomic mass is 9.93. The number of methoxy groups -OCH3 is 1. The van der Waals surface area contributed by atoms with Crippen molar-refractivity contribution in [2.45, 2.75) is 63.4 Å². The molecule has 3 aromatic rings. The molecule has 4 N–H and O–H groups in total. The predicted octanol–water partition coefficient (Wildman–Crippen LogP) is 3.85.